The van der Waals surface area contributed by atoms with Crippen LogP contribution in [-0.2, 0) is 30.3 Å². The molecule has 3 aliphatic heterocycles. The Kier molecular flexibility index (Phi) is 7.81. The van der Waals surface area contributed by atoms with Gasteiger partial charge in [0.1, 0.15) is 24.4 Å². The molecule has 3 saturated heterocycles. The molecule has 8 nitrogen and oxygen atoms in total. The van der Waals surface area contributed by atoms with Crippen LogP contribution in [0.15, 0.2) is 66.7 Å². The molecule has 8 atom stereocenters. The number of amides is 1. The quantitative estimate of drug-likeness (QED) is 0.543. The normalized spacial score (nSPS) is 34.4. The van der Waals surface area contributed by atoms with Crippen molar-refractivity contribution in [2.45, 2.75) is 75.5 Å². The predicted molar refractivity (Wildman–Crippen MR) is 131 cm³/mol. The van der Waals surface area contributed by atoms with Gasteiger partial charge < -0.3 is 34.1 Å². The van der Waals surface area contributed by atoms with Gasteiger partial charge in [-0.15, -0.1) is 0 Å². The number of β-lactam (4-membered cyclic amide) rings is 1. The summed E-state index contributed by atoms with van der Waals surface area (Å²) in [6, 6.07) is 18.9. The van der Waals surface area contributed by atoms with E-state index >= 15 is 0 Å². The average Bonchev–Trinajstić information content (AvgIpc) is 2.91. The number of carbonyl (C=O) groups is 1. The molecule has 0 radical (unpaired) electrons. The average molecular weight is 496 g/mol. The van der Waals surface area contributed by atoms with Gasteiger partial charge in [-0.05, 0) is 17.5 Å². The monoisotopic (exact) mass is 495 g/mol. The van der Waals surface area contributed by atoms with E-state index in [4.69, 9.17) is 18.9 Å². The fourth-order valence-corrected chi connectivity index (χ4v) is 4.95. The largest absolute Gasteiger partial charge is 0.387 e. The Morgan fingerprint density at radius 3 is 2.47 bits per heavy atom. The minimum Gasteiger partial charge on any atom is -0.387 e. The molecule has 0 spiro atoms. The van der Waals surface area contributed by atoms with Gasteiger partial charge in [0.2, 0.25) is 0 Å². The van der Waals surface area contributed by atoms with Gasteiger partial charge in [-0.3, -0.25) is 4.79 Å². The van der Waals surface area contributed by atoms with Gasteiger partial charge in [0, 0.05) is 0 Å². The molecule has 5 rings (SSSR count). The summed E-state index contributed by atoms with van der Waals surface area (Å²) in [7, 11) is 0. The highest BCUT2D eigenvalue weighted by Crippen LogP contribution is 2.36. The van der Waals surface area contributed by atoms with Crippen LogP contribution in [0.1, 0.15) is 30.9 Å². The second-order valence-corrected chi connectivity index (χ2v) is 9.42. The van der Waals surface area contributed by atoms with E-state index in [0.29, 0.717) is 6.42 Å². The SMILES string of the molecule is CCC[C@@H]1OC[C@H]2O[C@@H](N3C(=O)[C@H](OCc4ccccc4)[C@@H]3/C=C/c3ccccc3)[C@H](O)[C@@H](O)[C@@H]2O1. The van der Waals surface area contributed by atoms with Crippen molar-refractivity contribution in [3.63, 3.8) is 0 Å². The molecule has 192 valence electrons. The van der Waals surface area contributed by atoms with Crippen LogP contribution >= 0.6 is 0 Å². The van der Waals surface area contributed by atoms with Crippen LogP contribution in [0.25, 0.3) is 6.08 Å². The third-order valence-electron chi connectivity index (χ3n) is 6.90. The molecule has 0 unspecified atom stereocenters. The first-order valence-corrected chi connectivity index (χ1v) is 12.6. The number of ether oxygens (including phenoxy) is 4. The van der Waals surface area contributed by atoms with Gasteiger partial charge in [-0.2, -0.15) is 0 Å². The van der Waals surface area contributed by atoms with Gasteiger partial charge in [-0.25, -0.2) is 0 Å². The number of aliphatic hydroxyl groups excluding tert-OH is 2. The van der Waals surface area contributed by atoms with E-state index in [1.54, 1.807) is 0 Å². The van der Waals surface area contributed by atoms with Gasteiger partial charge in [0.15, 0.2) is 18.6 Å². The lowest BCUT2D eigenvalue weighted by Crippen LogP contribution is -2.75. The zero-order valence-electron chi connectivity index (χ0n) is 20.3. The third kappa shape index (κ3) is 5.11. The highest BCUT2D eigenvalue weighted by Gasteiger charge is 2.57. The van der Waals surface area contributed by atoms with Gasteiger partial charge in [-0.1, -0.05) is 86.2 Å². The summed E-state index contributed by atoms with van der Waals surface area (Å²) in [4.78, 5) is 14.7. The Labute approximate surface area is 211 Å². The molecule has 2 aromatic rings. The number of likely N-dealkylation sites (tertiary alicyclic amines) is 1. The van der Waals surface area contributed by atoms with Crippen molar-refractivity contribution >= 4 is 12.0 Å². The molecular weight excluding hydrogens is 462 g/mol. The van der Waals surface area contributed by atoms with Crippen molar-refractivity contribution in [3.8, 4) is 0 Å². The predicted octanol–water partition coefficient (Wildman–Crippen LogP) is 2.48. The second-order valence-electron chi connectivity index (χ2n) is 9.42. The molecule has 8 heteroatoms. The van der Waals surface area contributed by atoms with Crippen molar-refractivity contribution in [1.82, 2.24) is 4.90 Å². The molecule has 36 heavy (non-hydrogen) atoms. The molecule has 0 aliphatic carbocycles. The fraction of sp³-hybridized carbons (Fsp3) is 0.464. The first kappa shape index (κ1) is 25.1. The van der Waals surface area contributed by atoms with Crippen molar-refractivity contribution in [1.29, 1.82) is 0 Å². The molecular formula is C28H33NO7. The zero-order chi connectivity index (χ0) is 25.1. The molecule has 0 aromatic heterocycles. The van der Waals surface area contributed by atoms with Crippen LogP contribution in [-0.4, -0.2) is 76.7 Å². The van der Waals surface area contributed by atoms with Crippen molar-refractivity contribution in [2.75, 3.05) is 6.61 Å². The smallest absolute Gasteiger partial charge is 0.256 e. The summed E-state index contributed by atoms with van der Waals surface area (Å²) in [5, 5.41) is 21.9. The number of aliphatic hydroxyl groups is 2. The van der Waals surface area contributed by atoms with Gasteiger partial charge >= 0.3 is 0 Å². The minimum atomic E-state index is -1.33. The van der Waals surface area contributed by atoms with Gasteiger partial charge in [0.05, 0.1) is 19.3 Å². The van der Waals surface area contributed by atoms with Crippen LogP contribution in [0.3, 0.4) is 0 Å². The molecule has 2 N–H and O–H groups in total. The number of hydrogen-bond acceptors (Lipinski definition) is 7. The maximum Gasteiger partial charge on any atom is 0.256 e. The van der Waals surface area contributed by atoms with Crippen LogP contribution < -0.4 is 0 Å². The topological polar surface area (TPSA) is 97.7 Å². The summed E-state index contributed by atoms with van der Waals surface area (Å²) in [5.41, 5.74) is 1.93. The molecule has 3 aliphatic rings. The van der Waals surface area contributed by atoms with Crippen molar-refractivity contribution < 1.29 is 34.0 Å². The number of carbonyl (C=O) groups excluding carboxylic acids is 1. The van der Waals surface area contributed by atoms with E-state index in [9.17, 15) is 15.0 Å². The van der Waals surface area contributed by atoms with Crippen LogP contribution in [0.5, 0.6) is 0 Å². The Morgan fingerprint density at radius 1 is 1.03 bits per heavy atom. The lowest BCUT2D eigenvalue weighted by Gasteiger charge is -2.55. The highest BCUT2D eigenvalue weighted by atomic mass is 16.7. The van der Waals surface area contributed by atoms with E-state index in [2.05, 4.69) is 0 Å². The van der Waals surface area contributed by atoms with Crippen molar-refractivity contribution in [3.05, 3.63) is 77.9 Å². The Morgan fingerprint density at radius 2 is 1.75 bits per heavy atom. The van der Waals surface area contributed by atoms with Gasteiger partial charge in [0.25, 0.3) is 5.91 Å². The second kappa shape index (κ2) is 11.2. The molecule has 0 saturated carbocycles. The van der Waals surface area contributed by atoms with E-state index in [1.807, 2.05) is 79.7 Å². The van der Waals surface area contributed by atoms with E-state index < -0.39 is 49.1 Å². The standard InChI is InChI=1S/C28H33NO7/c1-2-9-22-33-17-21-26(36-22)23(30)24(31)28(35-21)29-20(15-14-18-10-5-3-6-11-18)25(27(29)32)34-16-19-12-7-4-8-13-19/h3-8,10-15,20-26,28,30-31H,2,9,16-17H2,1H3/b15-14+/t20-,21+,22+,23+,24+,25+,26+,28+/m0/s1. The molecule has 3 heterocycles. The Balaban J connectivity index is 1.33. The summed E-state index contributed by atoms with van der Waals surface area (Å²) in [6.07, 6.45) is -0.745. The Hall–Kier alpha value is -2.59. The van der Waals surface area contributed by atoms with Crippen LogP contribution in [0.2, 0.25) is 0 Å². The summed E-state index contributed by atoms with van der Waals surface area (Å²) in [5.74, 6) is -0.301. The summed E-state index contributed by atoms with van der Waals surface area (Å²) in [6.45, 7) is 2.52. The number of rotatable bonds is 8. The first-order valence-electron chi connectivity index (χ1n) is 12.6. The zero-order valence-corrected chi connectivity index (χ0v) is 20.3. The highest BCUT2D eigenvalue weighted by molar-refractivity contribution is 5.90. The number of nitrogens with zero attached hydrogens (tertiary/aromatic N) is 1. The number of hydrogen-bond donors (Lipinski definition) is 2. The summed E-state index contributed by atoms with van der Waals surface area (Å²) < 4.78 is 23.7. The third-order valence-corrected chi connectivity index (χ3v) is 6.90. The van der Waals surface area contributed by atoms with E-state index in [-0.39, 0.29) is 19.1 Å². The first-order chi connectivity index (χ1) is 17.6. The molecule has 2 aromatic carbocycles. The van der Waals surface area contributed by atoms with Crippen LogP contribution in [0.4, 0.5) is 0 Å². The lowest BCUT2D eigenvalue weighted by molar-refractivity contribution is -0.345. The summed E-state index contributed by atoms with van der Waals surface area (Å²) >= 11 is 0. The van der Waals surface area contributed by atoms with E-state index in [1.165, 1.54) is 4.90 Å². The number of benzene rings is 2. The Bertz CT molecular complexity index is 1030. The molecule has 3 fully saturated rings. The minimum absolute atomic E-state index is 0.218. The van der Waals surface area contributed by atoms with Crippen molar-refractivity contribution in [2.24, 2.45) is 0 Å². The maximum atomic E-state index is 13.3. The van der Waals surface area contributed by atoms with Crippen LogP contribution in [0, 0.1) is 0 Å². The fourth-order valence-electron chi connectivity index (χ4n) is 4.95. The molecule has 0 bridgehead atoms. The van der Waals surface area contributed by atoms with E-state index in [0.717, 1.165) is 17.5 Å². The lowest BCUT2D eigenvalue weighted by atomic mass is 9.90. The maximum absolute atomic E-state index is 13.3. The number of fused-ring (bicyclic) bond motifs is 1. The molecule has 1 amide bonds.